The molecule has 0 aliphatic carbocycles. The minimum absolute atomic E-state index is 0.0469. The Hall–Kier alpha value is -0.910. The van der Waals surface area contributed by atoms with E-state index in [1.54, 1.807) is 7.11 Å². The Morgan fingerprint density at radius 1 is 1.77 bits per heavy atom. The fraction of sp³-hybridized carbons (Fsp3) is 0.625. The van der Waals surface area contributed by atoms with Crippen LogP contribution in [-0.2, 0) is 4.74 Å². The molecule has 3 N–H and O–H groups in total. The monoisotopic (exact) mass is 182 g/mol. The van der Waals surface area contributed by atoms with Crippen molar-refractivity contribution in [2.75, 3.05) is 20.3 Å². The minimum atomic E-state index is -0.0469. The van der Waals surface area contributed by atoms with Gasteiger partial charge in [0, 0.05) is 19.5 Å². The summed E-state index contributed by atoms with van der Waals surface area (Å²) in [5.74, 6) is 0.233. The quantitative estimate of drug-likeness (QED) is 0.604. The van der Waals surface area contributed by atoms with Gasteiger partial charge in [-0.1, -0.05) is 0 Å². The molecule has 0 saturated carbocycles. The van der Waals surface area contributed by atoms with Crippen LogP contribution in [0.15, 0.2) is 16.9 Å². The van der Waals surface area contributed by atoms with E-state index in [0.29, 0.717) is 6.61 Å². The maximum absolute atomic E-state index is 5.86. The molecule has 0 aromatic carbocycles. The van der Waals surface area contributed by atoms with E-state index in [1.807, 2.05) is 17.4 Å². The summed E-state index contributed by atoms with van der Waals surface area (Å²) >= 11 is 0. The Labute approximate surface area is 77.2 Å². The standard InChI is InChI=1S/C8H14N4O/c1-13-3-2-12-7-5-10-4-6(7)8(9)11-12/h4-6,8,11H,2-3,9H2,1H3. The van der Waals surface area contributed by atoms with E-state index in [1.165, 1.54) is 0 Å². The first-order valence-electron chi connectivity index (χ1n) is 4.34. The summed E-state index contributed by atoms with van der Waals surface area (Å²) in [6, 6.07) is 0. The van der Waals surface area contributed by atoms with Crippen LogP contribution in [0.25, 0.3) is 0 Å². The molecule has 0 spiro atoms. The van der Waals surface area contributed by atoms with Crippen molar-refractivity contribution in [2.45, 2.75) is 6.17 Å². The maximum Gasteiger partial charge on any atom is 0.0862 e. The molecule has 0 aromatic heterocycles. The Kier molecular flexibility index (Phi) is 2.30. The number of aliphatic imine (C=N–C) groups is 1. The van der Waals surface area contributed by atoms with Gasteiger partial charge in [0.1, 0.15) is 0 Å². The summed E-state index contributed by atoms with van der Waals surface area (Å²) in [5.41, 5.74) is 10.2. The van der Waals surface area contributed by atoms with Crippen molar-refractivity contribution in [1.82, 2.24) is 10.4 Å². The smallest absolute Gasteiger partial charge is 0.0862 e. The first-order valence-corrected chi connectivity index (χ1v) is 4.34. The molecule has 1 fully saturated rings. The average molecular weight is 182 g/mol. The Bertz CT molecular complexity index is 251. The minimum Gasteiger partial charge on any atom is -0.383 e. The molecular weight excluding hydrogens is 168 g/mol. The Morgan fingerprint density at radius 3 is 3.38 bits per heavy atom. The lowest BCUT2D eigenvalue weighted by Gasteiger charge is -2.18. The zero-order valence-corrected chi connectivity index (χ0v) is 7.60. The van der Waals surface area contributed by atoms with Gasteiger partial charge in [0.25, 0.3) is 0 Å². The summed E-state index contributed by atoms with van der Waals surface area (Å²) in [4.78, 5) is 4.09. The topological polar surface area (TPSA) is 62.9 Å². The summed E-state index contributed by atoms with van der Waals surface area (Å²) in [6.07, 6.45) is 3.68. The van der Waals surface area contributed by atoms with Crippen LogP contribution in [0.1, 0.15) is 0 Å². The van der Waals surface area contributed by atoms with Gasteiger partial charge in [-0.05, 0) is 0 Å². The Balaban J connectivity index is 2.00. The van der Waals surface area contributed by atoms with Crippen LogP contribution in [0.3, 0.4) is 0 Å². The van der Waals surface area contributed by atoms with Gasteiger partial charge in [-0.15, -0.1) is 0 Å². The molecule has 2 unspecified atom stereocenters. The number of hydrogen-bond acceptors (Lipinski definition) is 5. The van der Waals surface area contributed by atoms with Crippen LogP contribution < -0.4 is 11.2 Å². The van der Waals surface area contributed by atoms with Crippen molar-refractivity contribution in [2.24, 2.45) is 16.6 Å². The van der Waals surface area contributed by atoms with Gasteiger partial charge in [0.05, 0.1) is 30.9 Å². The third-order valence-electron chi connectivity index (χ3n) is 2.32. The van der Waals surface area contributed by atoms with E-state index in [-0.39, 0.29) is 12.1 Å². The number of nitrogens with one attached hydrogen (secondary N) is 1. The molecular formula is C8H14N4O. The number of hydrogen-bond donors (Lipinski definition) is 2. The lowest BCUT2D eigenvalue weighted by molar-refractivity contribution is 0.148. The molecule has 0 amide bonds. The van der Waals surface area contributed by atoms with E-state index in [4.69, 9.17) is 10.5 Å². The molecule has 0 bridgehead atoms. The van der Waals surface area contributed by atoms with E-state index in [9.17, 15) is 0 Å². The number of rotatable bonds is 3. The normalized spacial score (nSPS) is 30.9. The van der Waals surface area contributed by atoms with Gasteiger partial charge in [0.2, 0.25) is 0 Å². The van der Waals surface area contributed by atoms with Gasteiger partial charge in [0.15, 0.2) is 0 Å². The molecule has 72 valence electrons. The molecule has 5 nitrogen and oxygen atoms in total. The second kappa shape index (κ2) is 3.45. The number of hydrazine groups is 1. The molecule has 2 aliphatic rings. The molecule has 13 heavy (non-hydrogen) atoms. The van der Waals surface area contributed by atoms with Gasteiger partial charge in [-0.3, -0.25) is 4.99 Å². The summed E-state index contributed by atoms with van der Waals surface area (Å²) < 4.78 is 5.00. The highest BCUT2D eigenvalue weighted by Crippen LogP contribution is 2.25. The van der Waals surface area contributed by atoms with Crippen molar-refractivity contribution < 1.29 is 4.74 Å². The van der Waals surface area contributed by atoms with Gasteiger partial charge in [-0.2, -0.15) is 0 Å². The maximum atomic E-state index is 5.86. The van der Waals surface area contributed by atoms with Crippen LogP contribution in [0.4, 0.5) is 0 Å². The molecule has 2 rings (SSSR count). The van der Waals surface area contributed by atoms with E-state index in [0.717, 1.165) is 12.2 Å². The predicted octanol–water partition coefficient (Wildman–Crippen LogP) is -0.720. The van der Waals surface area contributed by atoms with Crippen molar-refractivity contribution in [3.05, 3.63) is 11.9 Å². The van der Waals surface area contributed by atoms with E-state index in [2.05, 4.69) is 10.4 Å². The van der Waals surface area contributed by atoms with Crippen molar-refractivity contribution >= 4 is 6.21 Å². The van der Waals surface area contributed by atoms with Crippen LogP contribution in [-0.4, -0.2) is 37.7 Å². The van der Waals surface area contributed by atoms with Gasteiger partial charge in [-0.25, -0.2) is 5.43 Å². The number of nitrogens with two attached hydrogens (primary N) is 1. The molecule has 2 atom stereocenters. The van der Waals surface area contributed by atoms with Gasteiger partial charge >= 0.3 is 0 Å². The fourth-order valence-corrected chi connectivity index (χ4v) is 1.61. The number of fused-ring (bicyclic) bond motifs is 1. The SMILES string of the molecule is COCCN1NC(N)C2C=NC=C21. The highest BCUT2D eigenvalue weighted by Gasteiger charge is 2.34. The van der Waals surface area contributed by atoms with Crippen LogP contribution >= 0.6 is 0 Å². The van der Waals surface area contributed by atoms with E-state index >= 15 is 0 Å². The van der Waals surface area contributed by atoms with Crippen LogP contribution in [0, 0.1) is 5.92 Å². The molecule has 0 aromatic rings. The van der Waals surface area contributed by atoms with Crippen LogP contribution in [0.2, 0.25) is 0 Å². The van der Waals surface area contributed by atoms with Crippen molar-refractivity contribution in [3.63, 3.8) is 0 Å². The predicted molar refractivity (Wildman–Crippen MR) is 49.8 cm³/mol. The summed E-state index contributed by atoms with van der Waals surface area (Å²) in [7, 11) is 1.69. The summed E-state index contributed by atoms with van der Waals surface area (Å²) in [6.45, 7) is 1.49. The summed E-state index contributed by atoms with van der Waals surface area (Å²) in [5, 5.41) is 2.01. The number of methoxy groups -OCH3 is 1. The molecule has 1 saturated heterocycles. The molecule has 0 radical (unpaired) electrons. The van der Waals surface area contributed by atoms with Crippen molar-refractivity contribution in [3.8, 4) is 0 Å². The largest absolute Gasteiger partial charge is 0.383 e. The van der Waals surface area contributed by atoms with Crippen molar-refractivity contribution in [1.29, 1.82) is 0 Å². The third kappa shape index (κ3) is 1.46. The first-order chi connectivity index (χ1) is 6.33. The lowest BCUT2D eigenvalue weighted by atomic mass is 10.1. The molecule has 2 aliphatic heterocycles. The van der Waals surface area contributed by atoms with Gasteiger partial charge < -0.3 is 15.5 Å². The average Bonchev–Trinajstić information content (AvgIpc) is 2.67. The second-order valence-electron chi connectivity index (χ2n) is 3.18. The number of nitrogens with zero attached hydrogens (tertiary/aromatic N) is 2. The molecule has 5 heteroatoms. The van der Waals surface area contributed by atoms with Crippen LogP contribution in [0.5, 0.6) is 0 Å². The third-order valence-corrected chi connectivity index (χ3v) is 2.32. The highest BCUT2D eigenvalue weighted by molar-refractivity contribution is 5.70. The Morgan fingerprint density at radius 2 is 2.62 bits per heavy atom. The lowest BCUT2D eigenvalue weighted by Crippen LogP contribution is -2.42. The zero-order chi connectivity index (χ0) is 9.26. The molecule has 2 heterocycles. The number of ether oxygens (including phenoxy) is 1. The zero-order valence-electron chi connectivity index (χ0n) is 7.60. The highest BCUT2D eigenvalue weighted by atomic mass is 16.5. The van der Waals surface area contributed by atoms with E-state index < -0.39 is 0 Å². The second-order valence-corrected chi connectivity index (χ2v) is 3.18. The fourth-order valence-electron chi connectivity index (χ4n) is 1.61. The first kappa shape index (κ1) is 8.68.